The fourth-order valence-corrected chi connectivity index (χ4v) is 2.99. The molecule has 7 heteroatoms. The number of hydrazone groups is 1. The predicted molar refractivity (Wildman–Crippen MR) is 91.3 cm³/mol. The first-order chi connectivity index (χ1) is 10.5. The lowest BCUT2D eigenvalue weighted by molar-refractivity contribution is -0.120. The Kier molecular flexibility index (Phi) is 5.68. The van der Waals surface area contributed by atoms with Gasteiger partial charge in [0, 0.05) is 21.1 Å². The minimum absolute atomic E-state index is 0.133. The van der Waals surface area contributed by atoms with E-state index in [2.05, 4.69) is 31.4 Å². The Morgan fingerprint density at radius 3 is 2.91 bits per heavy atom. The number of phenols is 1. The second-order valence-corrected chi connectivity index (χ2v) is 6.53. The predicted octanol–water partition coefficient (Wildman–Crippen LogP) is 3.39. The molecule has 0 aliphatic carbocycles. The molecule has 1 amide bonds. The van der Waals surface area contributed by atoms with Crippen LogP contribution in [0.25, 0.3) is 0 Å². The number of carbonyl (C=O) groups is 1. The molecule has 0 saturated carbocycles. The summed E-state index contributed by atoms with van der Waals surface area (Å²) in [6.45, 7) is 3.80. The van der Waals surface area contributed by atoms with E-state index >= 15 is 0 Å². The average Bonchev–Trinajstić information content (AvgIpc) is 2.88. The fraction of sp³-hybridized carbons (Fsp3) is 0.267. The fourth-order valence-electron chi connectivity index (χ4n) is 1.86. The molecule has 0 saturated heterocycles. The van der Waals surface area contributed by atoms with Crippen LogP contribution in [-0.4, -0.2) is 21.7 Å². The van der Waals surface area contributed by atoms with Crippen molar-refractivity contribution in [3.8, 4) is 5.75 Å². The van der Waals surface area contributed by atoms with Crippen LogP contribution in [0.5, 0.6) is 5.75 Å². The first-order valence-electron chi connectivity index (χ1n) is 6.75. The quantitative estimate of drug-likeness (QED) is 0.615. The normalized spacial score (nSPS) is 11.5. The summed E-state index contributed by atoms with van der Waals surface area (Å²) < 4.78 is 0.839. The Bertz CT molecular complexity index is 713. The van der Waals surface area contributed by atoms with Crippen molar-refractivity contribution in [3.63, 3.8) is 0 Å². The minimum atomic E-state index is -0.227. The molecule has 5 nitrogen and oxygen atoms in total. The maximum Gasteiger partial charge on any atom is 0.246 e. The summed E-state index contributed by atoms with van der Waals surface area (Å²) in [7, 11) is 0. The number of aromatic hydroxyl groups is 1. The first kappa shape index (κ1) is 16.6. The van der Waals surface area contributed by atoms with Crippen molar-refractivity contribution in [3.05, 3.63) is 44.3 Å². The van der Waals surface area contributed by atoms with Crippen molar-refractivity contribution in [2.45, 2.75) is 26.7 Å². The molecule has 1 aromatic heterocycles. The van der Waals surface area contributed by atoms with E-state index < -0.39 is 0 Å². The number of nitrogens with one attached hydrogen (secondary N) is 1. The van der Waals surface area contributed by atoms with Gasteiger partial charge in [0.05, 0.1) is 12.1 Å². The van der Waals surface area contributed by atoms with E-state index in [1.54, 1.807) is 18.2 Å². The van der Waals surface area contributed by atoms with Gasteiger partial charge in [0.2, 0.25) is 5.91 Å². The number of nitrogens with zero attached hydrogens (tertiary/aromatic N) is 2. The lowest BCUT2D eigenvalue weighted by atomic mass is 10.1. The summed E-state index contributed by atoms with van der Waals surface area (Å²) in [5.74, 6) is -0.0941. The van der Waals surface area contributed by atoms with Crippen molar-refractivity contribution in [1.82, 2.24) is 10.4 Å². The van der Waals surface area contributed by atoms with E-state index in [1.165, 1.54) is 11.3 Å². The Hall–Kier alpha value is -1.73. The molecule has 1 aromatic carbocycles. The summed E-state index contributed by atoms with van der Waals surface area (Å²) >= 11 is 4.81. The maximum absolute atomic E-state index is 11.9. The van der Waals surface area contributed by atoms with Crippen LogP contribution in [0.3, 0.4) is 0 Å². The number of aromatic nitrogens is 1. The second kappa shape index (κ2) is 7.51. The van der Waals surface area contributed by atoms with Gasteiger partial charge < -0.3 is 5.11 Å². The molecule has 0 bridgehead atoms. The molecule has 0 unspecified atom stereocenters. The number of amides is 1. The molecule has 2 rings (SSSR count). The van der Waals surface area contributed by atoms with Crippen LogP contribution in [0, 0.1) is 6.92 Å². The highest BCUT2D eigenvalue weighted by molar-refractivity contribution is 9.10. The molecule has 0 fully saturated rings. The van der Waals surface area contributed by atoms with Gasteiger partial charge >= 0.3 is 0 Å². The zero-order chi connectivity index (χ0) is 16.1. The van der Waals surface area contributed by atoms with Crippen LogP contribution in [0.4, 0.5) is 0 Å². The van der Waals surface area contributed by atoms with Gasteiger partial charge in [-0.25, -0.2) is 10.4 Å². The molecule has 2 N–H and O–H groups in total. The van der Waals surface area contributed by atoms with Crippen molar-refractivity contribution < 1.29 is 9.90 Å². The largest absolute Gasteiger partial charge is 0.507 e. The van der Waals surface area contributed by atoms with Gasteiger partial charge in [-0.2, -0.15) is 5.10 Å². The number of rotatable bonds is 5. The SMILES string of the molecule is CC/C(=N\NC(=O)Cc1nc(C)cs1)c1cc(Br)ccc1O. The van der Waals surface area contributed by atoms with Crippen molar-refractivity contribution in [2.75, 3.05) is 0 Å². The minimum Gasteiger partial charge on any atom is -0.507 e. The Morgan fingerprint density at radius 2 is 2.27 bits per heavy atom. The summed E-state index contributed by atoms with van der Waals surface area (Å²) in [5.41, 5.74) is 4.65. The van der Waals surface area contributed by atoms with Crippen LogP contribution >= 0.6 is 27.3 Å². The highest BCUT2D eigenvalue weighted by atomic mass is 79.9. The van der Waals surface area contributed by atoms with E-state index in [-0.39, 0.29) is 18.1 Å². The summed E-state index contributed by atoms with van der Waals surface area (Å²) in [6, 6.07) is 5.11. The van der Waals surface area contributed by atoms with Crippen LogP contribution in [0.1, 0.15) is 29.6 Å². The third-order valence-electron chi connectivity index (χ3n) is 2.90. The second-order valence-electron chi connectivity index (χ2n) is 4.67. The number of hydrogen-bond donors (Lipinski definition) is 2. The summed E-state index contributed by atoms with van der Waals surface area (Å²) in [6.07, 6.45) is 0.782. The lowest BCUT2D eigenvalue weighted by Crippen LogP contribution is -2.21. The van der Waals surface area contributed by atoms with E-state index in [0.717, 1.165) is 15.2 Å². The highest BCUT2D eigenvalue weighted by Gasteiger charge is 2.10. The molecule has 0 spiro atoms. The van der Waals surface area contributed by atoms with Crippen molar-refractivity contribution >= 4 is 38.9 Å². The van der Waals surface area contributed by atoms with Gasteiger partial charge in [-0.05, 0) is 31.5 Å². The summed E-state index contributed by atoms with van der Waals surface area (Å²) in [4.78, 5) is 16.1. The van der Waals surface area contributed by atoms with Gasteiger partial charge in [0.25, 0.3) is 0 Å². The first-order valence-corrected chi connectivity index (χ1v) is 8.42. The number of aryl methyl sites for hydroxylation is 1. The molecule has 116 valence electrons. The van der Waals surface area contributed by atoms with Gasteiger partial charge in [0.1, 0.15) is 10.8 Å². The number of benzene rings is 1. The van der Waals surface area contributed by atoms with Crippen LogP contribution in [0.2, 0.25) is 0 Å². The third-order valence-corrected chi connectivity index (χ3v) is 4.36. The number of halogens is 1. The molecule has 22 heavy (non-hydrogen) atoms. The average molecular weight is 382 g/mol. The van der Waals surface area contributed by atoms with Gasteiger partial charge in [-0.1, -0.05) is 22.9 Å². The number of hydrogen-bond acceptors (Lipinski definition) is 5. The van der Waals surface area contributed by atoms with E-state index in [9.17, 15) is 9.90 Å². The van der Waals surface area contributed by atoms with E-state index in [4.69, 9.17) is 0 Å². The lowest BCUT2D eigenvalue weighted by Gasteiger charge is -2.07. The molecule has 0 aliphatic rings. The molecule has 2 aromatic rings. The van der Waals surface area contributed by atoms with Gasteiger partial charge in [-0.3, -0.25) is 4.79 Å². The van der Waals surface area contributed by atoms with Gasteiger partial charge in [-0.15, -0.1) is 11.3 Å². The Labute approximate surface area is 141 Å². The maximum atomic E-state index is 11.9. The van der Waals surface area contributed by atoms with E-state index in [0.29, 0.717) is 17.7 Å². The molecular weight excluding hydrogens is 366 g/mol. The molecule has 0 radical (unpaired) electrons. The van der Waals surface area contributed by atoms with Crippen molar-refractivity contribution in [1.29, 1.82) is 0 Å². The summed E-state index contributed by atoms with van der Waals surface area (Å²) in [5, 5.41) is 16.7. The van der Waals surface area contributed by atoms with Crippen LogP contribution in [-0.2, 0) is 11.2 Å². The number of thiazole rings is 1. The monoisotopic (exact) mass is 381 g/mol. The van der Waals surface area contributed by atoms with E-state index in [1.807, 2.05) is 19.2 Å². The van der Waals surface area contributed by atoms with Crippen LogP contribution in [0.15, 0.2) is 33.2 Å². The smallest absolute Gasteiger partial charge is 0.246 e. The van der Waals surface area contributed by atoms with Gasteiger partial charge in [0.15, 0.2) is 0 Å². The standard InChI is InChI=1S/C15H16BrN3O2S/c1-3-12(11-6-10(16)4-5-13(11)20)18-19-14(21)7-15-17-9(2)8-22-15/h4-6,8,20H,3,7H2,1-2H3,(H,19,21)/b18-12+. The Balaban J connectivity index is 2.09. The molecule has 0 atom stereocenters. The molecule has 1 heterocycles. The van der Waals surface area contributed by atoms with Crippen molar-refractivity contribution in [2.24, 2.45) is 5.10 Å². The highest BCUT2D eigenvalue weighted by Crippen LogP contribution is 2.23. The number of phenolic OH excluding ortho intramolecular Hbond substituents is 1. The molecule has 0 aliphatic heterocycles. The third kappa shape index (κ3) is 4.38. The zero-order valence-corrected chi connectivity index (χ0v) is 14.7. The van der Waals surface area contributed by atoms with Crippen LogP contribution < -0.4 is 5.43 Å². The zero-order valence-electron chi connectivity index (χ0n) is 12.3. The Morgan fingerprint density at radius 1 is 1.50 bits per heavy atom. The number of carbonyl (C=O) groups excluding carboxylic acids is 1. The molecular formula is C15H16BrN3O2S. The topological polar surface area (TPSA) is 74.6 Å².